The van der Waals surface area contributed by atoms with Crippen molar-refractivity contribution in [1.82, 2.24) is 4.98 Å². The summed E-state index contributed by atoms with van der Waals surface area (Å²) in [5.41, 5.74) is 3.29. The van der Waals surface area contributed by atoms with Gasteiger partial charge in [-0.1, -0.05) is 12.1 Å². The van der Waals surface area contributed by atoms with Gasteiger partial charge < -0.3 is 14.3 Å². The van der Waals surface area contributed by atoms with Gasteiger partial charge in [0.15, 0.2) is 0 Å². The molecule has 1 aromatic carbocycles. The van der Waals surface area contributed by atoms with Gasteiger partial charge in [-0.3, -0.25) is 4.98 Å². The fourth-order valence-corrected chi connectivity index (χ4v) is 3.67. The Morgan fingerprint density at radius 1 is 1.26 bits per heavy atom. The van der Waals surface area contributed by atoms with Crippen LogP contribution in [0.4, 0.5) is 0 Å². The standard InChI is InChI=1S/C22H21NO4/c1-14-2-7-20(27-14)16-5-6-18-15(9-11-26-21(18)12-16)3-4-17-13-23-10-8-19(17)22(24)25/h2,5-8,10,12-13,15H,3-4,9,11H2,1H3,(H,24,25). The lowest BCUT2D eigenvalue weighted by atomic mass is 9.87. The minimum atomic E-state index is -0.904. The molecule has 5 heteroatoms. The number of aryl methyl sites for hydroxylation is 2. The van der Waals surface area contributed by atoms with Crippen LogP contribution in [0.15, 0.2) is 53.2 Å². The molecular formula is C22H21NO4. The molecule has 0 amide bonds. The molecule has 0 aliphatic carbocycles. The second-order valence-corrected chi connectivity index (χ2v) is 6.87. The first-order valence-electron chi connectivity index (χ1n) is 9.11. The van der Waals surface area contributed by atoms with E-state index in [1.807, 2.05) is 25.1 Å². The second kappa shape index (κ2) is 7.27. The van der Waals surface area contributed by atoms with E-state index in [1.165, 1.54) is 11.8 Å². The summed E-state index contributed by atoms with van der Waals surface area (Å²) in [6.45, 7) is 2.59. The molecule has 1 N–H and O–H groups in total. The smallest absolute Gasteiger partial charge is 0.336 e. The number of fused-ring (bicyclic) bond motifs is 1. The van der Waals surface area contributed by atoms with E-state index in [2.05, 4.69) is 17.1 Å². The number of rotatable bonds is 5. The van der Waals surface area contributed by atoms with Crippen molar-refractivity contribution in [3.63, 3.8) is 0 Å². The number of carbonyl (C=O) groups is 1. The lowest BCUT2D eigenvalue weighted by Gasteiger charge is -2.26. The summed E-state index contributed by atoms with van der Waals surface area (Å²) in [6.07, 6.45) is 5.65. The number of carboxylic acid groups (broad SMARTS) is 1. The molecule has 138 valence electrons. The Labute approximate surface area is 157 Å². The van der Waals surface area contributed by atoms with E-state index in [0.717, 1.165) is 41.2 Å². The van der Waals surface area contributed by atoms with Crippen molar-refractivity contribution in [2.75, 3.05) is 6.61 Å². The zero-order valence-corrected chi connectivity index (χ0v) is 15.1. The summed E-state index contributed by atoms with van der Waals surface area (Å²) in [5, 5.41) is 9.34. The van der Waals surface area contributed by atoms with Gasteiger partial charge in [-0.2, -0.15) is 0 Å². The molecule has 0 fully saturated rings. The quantitative estimate of drug-likeness (QED) is 0.702. The summed E-state index contributed by atoms with van der Waals surface area (Å²) in [6, 6.07) is 11.7. The molecular weight excluding hydrogens is 342 g/mol. The van der Waals surface area contributed by atoms with Gasteiger partial charge in [0.2, 0.25) is 0 Å². The summed E-state index contributed by atoms with van der Waals surface area (Å²) < 4.78 is 11.6. The number of aromatic nitrogens is 1. The maximum Gasteiger partial charge on any atom is 0.336 e. The molecule has 0 saturated heterocycles. The maximum absolute atomic E-state index is 11.4. The molecule has 0 saturated carbocycles. The van der Waals surface area contributed by atoms with Crippen molar-refractivity contribution in [1.29, 1.82) is 0 Å². The Bertz CT molecular complexity index is 976. The minimum absolute atomic E-state index is 0.334. The number of benzene rings is 1. The van der Waals surface area contributed by atoms with Gasteiger partial charge in [-0.05, 0) is 67.5 Å². The van der Waals surface area contributed by atoms with Crippen LogP contribution in [-0.4, -0.2) is 22.7 Å². The van der Waals surface area contributed by atoms with E-state index in [0.29, 0.717) is 24.5 Å². The first-order chi connectivity index (χ1) is 13.1. The Balaban J connectivity index is 1.54. The molecule has 0 spiro atoms. The fraction of sp³-hybridized carbons (Fsp3) is 0.273. The number of aromatic carboxylic acids is 1. The molecule has 5 nitrogen and oxygen atoms in total. The highest BCUT2D eigenvalue weighted by Crippen LogP contribution is 2.39. The summed E-state index contributed by atoms with van der Waals surface area (Å²) >= 11 is 0. The first-order valence-corrected chi connectivity index (χ1v) is 9.11. The highest BCUT2D eigenvalue weighted by Gasteiger charge is 2.23. The van der Waals surface area contributed by atoms with E-state index in [4.69, 9.17) is 9.15 Å². The van der Waals surface area contributed by atoms with Gasteiger partial charge in [-0.25, -0.2) is 4.79 Å². The summed E-state index contributed by atoms with van der Waals surface area (Å²) in [5.74, 6) is 2.04. The molecule has 1 aliphatic heterocycles. The van der Waals surface area contributed by atoms with Crippen LogP contribution in [0.5, 0.6) is 5.75 Å². The van der Waals surface area contributed by atoms with Crippen LogP contribution in [0.25, 0.3) is 11.3 Å². The minimum Gasteiger partial charge on any atom is -0.493 e. The van der Waals surface area contributed by atoms with Crippen molar-refractivity contribution >= 4 is 5.97 Å². The molecule has 3 aromatic rings. The maximum atomic E-state index is 11.4. The normalized spacial score (nSPS) is 15.8. The molecule has 27 heavy (non-hydrogen) atoms. The molecule has 0 bridgehead atoms. The van der Waals surface area contributed by atoms with Gasteiger partial charge in [-0.15, -0.1) is 0 Å². The molecule has 1 aliphatic rings. The van der Waals surface area contributed by atoms with Gasteiger partial charge in [0.25, 0.3) is 0 Å². The van der Waals surface area contributed by atoms with Crippen LogP contribution in [-0.2, 0) is 6.42 Å². The van der Waals surface area contributed by atoms with Crippen LogP contribution < -0.4 is 4.74 Å². The zero-order chi connectivity index (χ0) is 18.8. The highest BCUT2D eigenvalue weighted by atomic mass is 16.5. The second-order valence-electron chi connectivity index (χ2n) is 6.87. The predicted octanol–water partition coefficient (Wildman–Crippen LogP) is 4.85. The van der Waals surface area contributed by atoms with Crippen LogP contribution in [0, 0.1) is 6.92 Å². The third-order valence-electron chi connectivity index (χ3n) is 5.10. The van der Waals surface area contributed by atoms with E-state index in [1.54, 1.807) is 12.3 Å². The van der Waals surface area contributed by atoms with Gasteiger partial charge >= 0.3 is 5.97 Å². The average Bonchev–Trinajstić information content (AvgIpc) is 3.12. The number of hydrogen-bond acceptors (Lipinski definition) is 4. The monoisotopic (exact) mass is 363 g/mol. The molecule has 0 radical (unpaired) electrons. The van der Waals surface area contributed by atoms with E-state index in [9.17, 15) is 9.90 Å². The fourth-order valence-electron chi connectivity index (χ4n) is 3.67. The van der Waals surface area contributed by atoms with Crippen LogP contribution in [0.3, 0.4) is 0 Å². The van der Waals surface area contributed by atoms with Crippen LogP contribution >= 0.6 is 0 Å². The number of hydrogen-bond donors (Lipinski definition) is 1. The topological polar surface area (TPSA) is 72.6 Å². The lowest BCUT2D eigenvalue weighted by molar-refractivity contribution is 0.0695. The molecule has 3 heterocycles. The highest BCUT2D eigenvalue weighted by molar-refractivity contribution is 5.89. The van der Waals surface area contributed by atoms with Gasteiger partial charge in [0.1, 0.15) is 17.3 Å². The van der Waals surface area contributed by atoms with Gasteiger partial charge in [0.05, 0.1) is 12.2 Å². The van der Waals surface area contributed by atoms with Crippen molar-refractivity contribution in [3.05, 3.63) is 71.2 Å². The molecule has 1 unspecified atom stereocenters. The van der Waals surface area contributed by atoms with Crippen LogP contribution in [0.2, 0.25) is 0 Å². The Hall–Kier alpha value is -3.08. The lowest BCUT2D eigenvalue weighted by Crippen LogP contribution is -2.15. The Kier molecular flexibility index (Phi) is 4.67. The van der Waals surface area contributed by atoms with Gasteiger partial charge in [0, 0.05) is 18.0 Å². The Morgan fingerprint density at radius 3 is 2.93 bits per heavy atom. The zero-order valence-electron chi connectivity index (χ0n) is 15.1. The molecule has 1 atom stereocenters. The third-order valence-corrected chi connectivity index (χ3v) is 5.10. The number of ether oxygens (including phenoxy) is 1. The van der Waals surface area contributed by atoms with E-state index >= 15 is 0 Å². The number of furan rings is 1. The Morgan fingerprint density at radius 2 is 2.15 bits per heavy atom. The van der Waals surface area contributed by atoms with Crippen molar-refractivity contribution < 1.29 is 19.1 Å². The molecule has 2 aromatic heterocycles. The molecule has 4 rings (SSSR count). The van der Waals surface area contributed by atoms with E-state index in [-0.39, 0.29) is 0 Å². The summed E-state index contributed by atoms with van der Waals surface area (Å²) in [7, 11) is 0. The van der Waals surface area contributed by atoms with Crippen molar-refractivity contribution in [3.8, 4) is 17.1 Å². The first kappa shape index (κ1) is 17.3. The van der Waals surface area contributed by atoms with Crippen LogP contribution in [0.1, 0.15) is 46.0 Å². The number of nitrogens with zero attached hydrogens (tertiary/aromatic N) is 1. The van der Waals surface area contributed by atoms with E-state index < -0.39 is 5.97 Å². The number of carboxylic acids is 1. The average molecular weight is 363 g/mol. The predicted molar refractivity (Wildman–Crippen MR) is 101 cm³/mol. The van der Waals surface area contributed by atoms with Crippen molar-refractivity contribution in [2.45, 2.75) is 32.1 Å². The largest absolute Gasteiger partial charge is 0.493 e. The van der Waals surface area contributed by atoms with Crippen molar-refractivity contribution in [2.24, 2.45) is 0 Å². The third kappa shape index (κ3) is 3.58. The number of pyridine rings is 1. The summed E-state index contributed by atoms with van der Waals surface area (Å²) in [4.78, 5) is 15.5. The SMILES string of the molecule is Cc1ccc(-c2ccc3c(c2)OCCC3CCc2cnccc2C(=O)O)o1.